The van der Waals surface area contributed by atoms with Crippen LogP contribution in [0, 0.1) is 0 Å². The lowest BCUT2D eigenvalue weighted by molar-refractivity contribution is -0.123. The van der Waals surface area contributed by atoms with Crippen molar-refractivity contribution < 1.29 is 9.59 Å². The summed E-state index contributed by atoms with van der Waals surface area (Å²) < 4.78 is 1.63. The molecular weight excluding hydrogens is 372 g/mol. The van der Waals surface area contributed by atoms with E-state index >= 15 is 0 Å². The second-order valence-corrected chi connectivity index (χ2v) is 6.64. The fraction of sp³-hybridized carbons (Fsp3) is 0.158. The zero-order chi connectivity index (χ0) is 19.8. The standard InChI is InChI=1S/C19H16N8O2/c28-16-11-26(10-9-20-16)19(29)12-5-7-13(8-6-12)21-17-18-23-24-25-27(18)15-4-2-1-3-14(15)22-17/h1-8H,9-11H2,(H,20,28)(H,21,22). The molecule has 10 nitrogen and oxygen atoms in total. The van der Waals surface area contributed by atoms with Gasteiger partial charge in [-0.05, 0) is 46.8 Å². The van der Waals surface area contributed by atoms with E-state index in [1.54, 1.807) is 28.8 Å². The summed E-state index contributed by atoms with van der Waals surface area (Å²) in [7, 11) is 0. The van der Waals surface area contributed by atoms with Crippen LogP contribution in [0.1, 0.15) is 10.4 Å². The summed E-state index contributed by atoms with van der Waals surface area (Å²) in [5, 5.41) is 17.8. The van der Waals surface area contributed by atoms with Crippen LogP contribution < -0.4 is 10.6 Å². The molecule has 4 aromatic rings. The predicted molar refractivity (Wildman–Crippen MR) is 105 cm³/mol. The van der Waals surface area contributed by atoms with Crippen LogP contribution in [0.15, 0.2) is 48.5 Å². The topological polar surface area (TPSA) is 117 Å². The van der Waals surface area contributed by atoms with Gasteiger partial charge >= 0.3 is 0 Å². The van der Waals surface area contributed by atoms with Crippen LogP contribution in [0.4, 0.5) is 11.5 Å². The highest BCUT2D eigenvalue weighted by Gasteiger charge is 2.22. The van der Waals surface area contributed by atoms with Crippen LogP contribution in [0.2, 0.25) is 0 Å². The Bertz CT molecular complexity index is 1230. The number of anilines is 2. The van der Waals surface area contributed by atoms with Crippen molar-refractivity contribution in [2.24, 2.45) is 0 Å². The largest absolute Gasteiger partial charge is 0.353 e. The number of nitrogens with zero attached hydrogens (tertiary/aromatic N) is 6. The van der Waals surface area contributed by atoms with Crippen molar-refractivity contribution in [3.63, 3.8) is 0 Å². The van der Waals surface area contributed by atoms with Gasteiger partial charge in [-0.25, -0.2) is 4.98 Å². The first kappa shape index (κ1) is 17.0. The van der Waals surface area contributed by atoms with Crippen LogP contribution >= 0.6 is 0 Å². The Kier molecular flexibility index (Phi) is 4.01. The van der Waals surface area contributed by atoms with E-state index < -0.39 is 0 Å². The molecular formula is C19H16N8O2. The van der Waals surface area contributed by atoms with Crippen molar-refractivity contribution in [2.75, 3.05) is 25.0 Å². The minimum absolute atomic E-state index is 0.0811. The van der Waals surface area contributed by atoms with Gasteiger partial charge in [0.05, 0.1) is 17.6 Å². The van der Waals surface area contributed by atoms with Crippen molar-refractivity contribution in [1.82, 2.24) is 35.2 Å². The van der Waals surface area contributed by atoms with Crippen LogP contribution in [-0.4, -0.2) is 61.4 Å². The van der Waals surface area contributed by atoms with Gasteiger partial charge in [0, 0.05) is 24.3 Å². The Morgan fingerprint density at radius 3 is 2.76 bits per heavy atom. The summed E-state index contributed by atoms with van der Waals surface area (Å²) in [6, 6.07) is 14.6. The van der Waals surface area contributed by atoms with Gasteiger partial charge in [0.2, 0.25) is 11.6 Å². The molecule has 0 unspecified atom stereocenters. The van der Waals surface area contributed by atoms with Crippen LogP contribution in [0.25, 0.3) is 16.7 Å². The molecule has 1 aliphatic heterocycles. The highest BCUT2D eigenvalue weighted by molar-refractivity contribution is 5.97. The van der Waals surface area contributed by atoms with Gasteiger partial charge in [-0.1, -0.05) is 12.1 Å². The van der Waals surface area contributed by atoms with Gasteiger partial charge in [-0.2, -0.15) is 4.52 Å². The molecule has 5 rings (SSSR count). The lowest BCUT2D eigenvalue weighted by Gasteiger charge is -2.26. The van der Waals surface area contributed by atoms with E-state index in [4.69, 9.17) is 0 Å². The molecule has 0 atom stereocenters. The number of fused-ring (bicyclic) bond motifs is 3. The van der Waals surface area contributed by atoms with Crippen molar-refractivity contribution >= 4 is 40.0 Å². The quantitative estimate of drug-likeness (QED) is 0.537. The molecule has 1 fully saturated rings. The fourth-order valence-electron chi connectivity index (χ4n) is 3.32. The lowest BCUT2D eigenvalue weighted by atomic mass is 10.1. The Labute approximate surface area is 164 Å². The summed E-state index contributed by atoms with van der Waals surface area (Å²) in [5.74, 6) is 0.205. The predicted octanol–water partition coefficient (Wildman–Crippen LogP) is 0.988. The molecule has 2 N–H and O–H groups in total. The highest BCUT2D eigenvalue weighted by Crippen LogP contribution is 2.23. The van der Waals surface area contributed by atoms with E-state index in [2.05, 4.69) is 31.1 Å². The molecule has 0 bridgehead atoms. The number of para-hydroxylation sites is 2. The average molecular weight is 388 g/mol. The van der Waals surface area contributed by atoms with Crippen molar-refractivity contribution in [3.8, 4) is 0 Å². The number of tetrazole rings is 1. The first-order valence-electron chi connectivity index (χ1n) is 9.09. The number of benzene rings is 2. The fourth-order valence-corrected chi connectivity index (χ4v) is 3.32. The number of hydrogen-bond donors (Lipinski definition) is 2. The molecule has 0 radical (unpaired) electrons. The van der Waals surface area contributed by atoms with Gasteiger partial charge in [-0.3, -0.25) is 9.59 Å². The second kappa shape index (κ2) is 6.82. The van der Waals surface area contributed by atoms with Gasteiger partial charge in [0.15, 0.2) is 5.82 Å². The van der Waals surface area contributed by atoms with Crippen LogP contribution in [0.5, 0.6) is 0 Å². The number of piperazine rings is 1. The van der Waals surface area contributed by atoms with Crippen molar-refractivity contribution in [2.45, 2.75) is 0 Å². The second-order valence-electron chi connectivity index (χ2n) is 6.64. The maximum Gasteiger partial charge on any atom is 0.254 e. The molecule has 2 aromatic heterocycles. The smallest absolute Gasteiger partial charge is 0.254 e. The monoisotopic (exact) mass is 388 g/mol. The first-order chi connectivity index (χ1) is 14.2. The maximum atomic E-state index is 12.6. The van der Waals surface area contributed by atoms with E-state index in [1.807, 2.05) is 24.3 Å². The van der Waals surface area contributed by atoms with Crippen LogP contribution in [0.3, 0.4) is 0 Å². The Morgan fingerprint density at radius 2 is 1.93 bits per heavy atom. The Balaban J connectivity index is 1.42. The Hall–Kier alpha value is -4.08. The number of carbonyl (C=O) groups excluding carboxylic acids is 2. The third kappa shape index (κ3) is 3.10. The van der Waals surface area contributed by atoms with E-state index in [9.17, 15) is 9.59 Å². The summed E-state index contributed by atoms with van der Waals surface area (Å²) in [6.45, 7) is 1.06. The van der Waals surface area contributed by atoms with E-state index in [0.717, 1.165) is 16.7 Å². The molecule has 0 saturated carbocycles. The summed E-state index contributed by atoms with van der Waals surface area (Å²) in [6.07, 6.45) is 0. The average Bonchev–Trinajstić information content (AvgIpc) is 3.25. The number of carbonyl (C=O) groups is 2. The number of nitrogens with one attached hydrogen (secondary N) is 2. The highest BCUT2D eigenvalue weighted by atomic mass is 16.2. The van der Waals surface area contributed by atoms with E-state index in [-0.39, 0.29) is 18.4 Å². The molecule has 1 saturated heterocycles. The third-order valence-corrected chi connectivity index (χ3v) is 4.74. The molecule has 0 aliphatic carbocycles. The zero-order valence-electron chi connectivity index (χ0n) is 15.2. The van der Waals surface area contributed by atoms with Gasteiger partial charge in [0.25, 0.3) is 5.91 Å². The molecule has 0 spiro atoms. The number of amides is 2. The summed E-state index contributed by atoms with van der Waals surface area (Å²) in [5.41, 5.74) is 3.33. The lowest BCUT2D eigenvalue weighted by Crippen LogP contribution is -2.49. The van der Waals surface area contributed by atoms with Gasteiger partial charge < -0.3 is 15.5 Å². The molecule has 2 aromatic carbocycles. The van der Waals surface area contributed by atoms with E-state index in [1.165, 1.54) is 4.90 Å². The summed E-state index contributed by atoms with van der Waals surface area (Å²) >= 11 is 0. The normalized spacial score (nSPS) is 14.2. The molecule has 2 amide bonds. The van der Waals surface area contributed by atoms with Crippen molar-refractivity contribution in [3.05, 3.63) is 54.1 Å². The SMILES string of the molecule is O=C1CN(C(=O)c2ccc(Nc3nc4ccccc4n4nnnc34)cc2)CCN1. The summed E-state index contributed by atoms with van der Waals surface area (Å²) in [4.78, 5) is 30.2. The molecule has 29 heavy (non-hydrogen) atoms. The Morgan fingerprint density at radius 1 is 1.10 bits per heavy atom. The van der Waals surface area contributed by atoms with Crippen LogP contribution in [-0.2, 0) is 4.79 Å². The van der Waals surface area contributed by atoms with Gasteiger partial charge in [0.1, 0.15) is 0 Å². The van der Waals surface area contributed by atoms with Crippen molar-refractivity contribution in [1.29, 1.82) is 0 Å². The number of hydrogen-bond acceptors (Lipinski definition) is 7. The third-order valence-electron chi connectivity index (χ3n) is 4.74. The number of aromatic nitrogens is 5. The molecule has 1 aliphatic rings. The van der Waals surface area contributed by atoms with Gasteiger partial charge in [-0.15, -0.1) is 5.10 Å². The molecule has 3 heterocycles. The number of rotatable bonds is 3. The minimum atomic E-state index is -0.167. The molecule has 10 heteroatoms. The maximum absolute atomic E-state index is 12.6. The first-order valence-corrected chi connectivity index (χ1v) is 9.09. The zero-order valence-corrected chi connectivity index (χ0v) is 15.2. The molecule has 144 valence electrons. The van der Waals surface area contributed by atoms with E-state index in [0.29, 0.717) is 30.1 Å². The minimum Gasteiger partial charge on any atom is -0.353 e.